The highest BCUT2D eigenvalue weighted by Crippen LogP contribution is 2.20. The molecule has 1 aromatic heterocycles. The minimum absolute atomic E-state index is 0.378. The highest BCUT2D eigenvalue weighted by Gasteiger charge is 2.17. The number of carbonyl (C=O) groups is 1. The van der Waals surface area contributed by atoms with Crippen molar-refractivity contribution in [2.45, 2.75) is 32.9 Å². The summed E-state index contributed by atoms with van der Waals surface area (Å²) in [5.74, 6) is -0.397. The molecule has 0 spiro atoms. The van der Waals surface area contributed by atoms with E-state index < -0.39 is 12.0 Å². The lowest BCUT2D eigenvalue weighted by atomic mass is 10.0. The molecular formula is C11H16BrNO2S. The molecule has 1 rings (SSSR count). The van der Waals surface area contributed by atoms with Crippen LogP contribution in [0.25, 0.3) is 0 Å². The average Bonchev–Trinajstić information content (AvgIpc) is 2.58. The number of nitrogens with one attached hydrogen (secondary N) is 1. The molecule has 0 aliphatic heterocycles. The third-order valence-electron chi connectivity index (χ3n) is 2.18. The molecule has 90 valence electrons. The van der Waals surface area contributed by atoms with Crippen LogP contribution in [0.15, 0.2) is 15.2 Å². The van der Waals surface area contributed by atoms with Crippen LogP contribution in [-0.2, 0) is 11.3 Å². The highest BCUT2D eigenvalue weighted by molar-refractivity contribution is 9.11. The Hall–Kier alpha value is -0.390. The van der Waals surface area contributed by atoms with Crippen LogP contribution in [0, 0.1) is 5.92 Å². The van der Waals surface area contributed by atoms with Gasteiger partial charge in [-0.3, -0.25) is 4.79 Å². The minimum atomic E-state index is -0.775. The molecule has 5 heteroatoms. The molecule has 0 amide bonds. The van der Waals surface area contributed by atoms with Gasteiger partial charge in [-0.1, -0.05) is 13.8 Å². The van der Waals surface area contributed by atoms with E-state index in [1.165, 1.54) is 0 Å². The predicted molar refractivity (Wildman–Crippen MR) is 69.7 cm³/mol. The van der Waals surface area contributed by atoms with Crippen LogP contribution in [0.4, 0.5) is 0 Å². The zero-order valence-corrected chi connectivity index (χ0v) is 11.8. The van der Waals surface area contributed by atoms with E-state index in [1.54, 1.807) is 11.3 Å². The normalized spacial score (nSPS) is 13.0. The molecule has 16 heavy (non-hydrogen) atoms. The maximum Gasteiger partial charge on any atom is 0.320 e. The summed E-state index contributed by atoms with van der Waals surface area (Å²) in [5, 5.41) is 14.1. The third-order valence-corrected chi connectivity index (χ3v) is 3.73. The van der Waals surface area contributed by atoms with E-state index in [1.807, 2.05) is 25.3 Å². The summed E-state index contributed by atoms with van der Waals surface area (Å²) in [6, 6.07) is 1.55. The Morgan fingerprint density at radius 2 is 2.31 bits per heavy atom. The van der Waals surface area contributed by atoms with Crippen molar-refractivity contribution in [3.8, 4) is 0 Å². The van der Waals surface area contributed by atoms with Gasteiger partial charge in [0.25, 0.3) is 0 Å². The molecule has 0 aromatic carbocycles. The van der Waals surface area contributed by atoms with Gasteiger partial charge in [0.2, 0.25) is 0 Å². The zero-order chi connectivity index (χ0) is 12.1. The van der Waals surface area contributed by atoms with E-state index in [0.29, 0.717) is 18.9 Å². The first-order valence-electron chi connectivity index (χ1n) is 5.18. The van der Waals surface area contributed by atoms with Crippen LogP contribution in [0.3, 0.4) is 0 Å². The summed E-state index contributed by atoms with van der Waals surface area (Å²) >= 11 is 4.99. The molecule has 1 heterocycles. The smallest absolute Gasteiger partial charge is 0.320 e. The summed E-state index contributed by atoms with van der Waals surface area (Å²) in [6.07, 6.45) is 0.653. The number of aliphatic carboxylic acids is 1. The molecule has 0 unspecified atom stereocenters. The standard InChI is InChI=1S/C11H16BrNO2S/c1-7(2)3-9(11(14)15)13-5-8-4-10(12)16-6-8/h4,6-7,9,13H,3,5H2,1-2H3,(H,14,15)/t9-/m0/s1. The zero-order valence-electron chi connectivity index (χ0n) is 9.37. The van der Waals surface area contributed by atoms with Crippen molar-refractivity contribution in [2.24, 2.45) is 5.92 Å². The summed E-state index contributed by atoms with van der Waals surface area (Å²) < 4.78 is 1.07. The summed E-state index contributed by atoms with van der Waals surface area (Å²) in [7, 11) is 0. The van der Waals surface area contributed by atoms with Gasteiger partial charge in [-0.05, 0) is 45.3 Å². The van der Waals surface area contributed by atoms with Gasteiger partial charge in [-0.25, -0.2) is 0 Å². The van der Waals surface area contributed by atoms with Gasteiger partial charge in [0.1, 0.15) is 6.04 Å². The Morgan fingerprint density at radius 3 is 2.75 bits per heavy atom. The molecule has 0 radical (unpaired) electrons. The summed E-state index contributed by atoms with van der Waals surface area (Å²) in [4.78, 5) is 11.0. The van der Waals surface area contributed by atoms with E-state index in [0.717, 1.165) is 9.35 Å². The minimum Gasteiger partial charge on any atom is -0.480 e. The van der Waals surface area contributed by atoms with Crippen molar-refractivity contribution in [1.29, 1.82) is 0 Å². The molecule has 1 aromatic rings. The van der Waals surface area contributed by atoms with E-state index in [2.05, 4.69) is 21.2 Å². The van der Waals surface area contributed by atoms with Gasteiger partial charge >= 0.3 is 5.97 Å². The SMILES string of the molecule is CC(C)C[C@H](NCc1csc(Br)c1)C(=O)O. The van der Waals surface area contributed by atoms with E-state index >= 15 is 0 Å². The number of halogens is 1. The molecule has 0 fully saturated rings. The first-order chi connectivity index (χ1) is 7.49. The fraction of sp³-hybridized carbons (Fsp3) is 0.545. The van der Waals surface area contributed by atoms with Crippen LogP contribution in [0.5, 0.6) is 0 Å². The Morgan fingerprint density at radius 1 is 1.62 bits per heavy atom. The number of rotatable bonds is 6. The fourth-order valence-electron chi connectivity index (χ4n) is 1.42. The van der Waals surface area contributed by atoms with Crippen LogP contribution in [0.2, 0.25) is 0 Å². The molecular weight excluding hydrogens is 290 g/mol. The lowest BCUT2D eigenvalue weighted by Gasteiger charge is -2.15. The average molecular weight is 306 g/mol. The molecule has 0 aliphatic rings. The molecule has 0 saturated carbocycles. The van der Waals surface area contributed by atoms with Crippen molar-refractivity contribution < 1.29 is 9.90 Å². The second-order valence-electron chi connectivity index (χ2n) is 4.16. The van der Waals surface area contributed by atoms with E-state index in [4.69, 9.17) is 5.11 Å². The van der Waals surface area contributed by atoms with Crippen molar-refractivity contribution in [3.05, 3.63) is 20.8 Å². The van der Waals surface area contributed by atoms with Gasteiger partial charge in [-0.2, -0.15) is 0 Å². The molecule has 0 saturated heterocycles. The third kappa shape index (κ3) is 4.63. The van der Waals surface area contributed by atoms with Crippen LogP contribution < -0.4 is 5.32 Å². The predicted octanol–water partition coefficient (Wildman–Crippen LogP) is 3.10. The van der Waals surface area contributed by atoms with Gasteiger partial charge in [0.05, 0.1) is 3.79 Å². The number of hydrogen-bond donors (Lipinski definition) is 2. The molecule has 1 atom stereocenters. The monoisotopic (exact) mass is 305 g/mol. The van der Waals surface area contributed by atoms with Crippen molar-refractivity contribution >= 4 is 33.2 Å². The topological polar surface area (TPSA) is 49.3 Å². The second kappa shape index (κ2) is 6.37. The maximum atomic E-state index is 11.0. The van der Waals surface area contributed by atoms with Crippen molar-refractivity contribution in [2.75, 3.05) is 0 Å². The Kier molecular flexibility index (Phi) is 5.44. The lowest BCUT2D eigenvalue weighted by molar-refractivity contribution is -0.140. The number of carboxylic acid groups (broad SMARTS) is 1. The molecule has 0 bridgehead atoms. The van der Waals surface area contributed by atoms with Gasteiger partial charge in [0.15, 0.2) is 0 Å². The number of carboxylic acids is 1. The Labute approximate surface area is 108 Å². The Bertz CT molecular complexity index is 352. The van der Waals surface area contributed by atoms with Crippen LogP contribution in [0.1, 0.15) is 25.8 Å². The van der Waals surface area contributed by atoms with Gasteiger partial charge < -0.3 is 10.4 Å². The van der Waals surface area contributed by atoms with Crippen LogP contribution in [-0.4, -0.2) is 17.1 Å². The van der Waals surface area contributed by atoms with Crippen LogP contribution >= 0.6 is 27.3 Å². The lowest BCUT2D eigenvalue weighted by Crippen LogP contribution is -2.37. The Balaban J connectivity index is 2.46. The van der Waals surface area contributed by atoms with Crippen molar-refractivity contribution in [1.82, 2.24) is 5.32 Å². The van der Waals surface area contributed by atoms with E-state index in [9.17, 15) is 4.79 Å². The number of thiophene rings is 1. The fourth-order valence-corrected chi connectivity index (χ4v) is 2.63. The van der Waals surface area contributed by atoms with Gasteiger partial charge in [0, 0.05) is 6.54 Å². The van der Waals surface area contributed by atoms with E-state index in [-0.39, 0.29) is 0 Å². The largest absolute Gasteiger partial charge is 0.480 e. The first kappa shape index (κ1) is 13.7. The molecule has 0 aliphatic carbocycles. The quantitative estimate of drug-likeness (QED) is 0.849. The maximum absolute atomic E-state index is 11.0. The molecule has 2 N–H and O–H groups in total. The van der Waals surface area contributed by atoms with Gasteiger partial charge in [-0.15, -0.1) is 11.3 Å². The highest BCUT2D eigenvalue weighted by atomic mass is 79.9. The molecule has 3 nitrogen and oxygen atoms in total. The first-order valence-corrected chi connectivity index (χ1v) is 6.85. The summed E-state index contributed by atoms with van der Waals surface area (Å²) in [5.41, 5.74) is 1.12. The van der Waals surface area contributed by atoms with Crippen molar-refractivity contribution in [3.63, 3.8) is 0 Å². The second-order valence-corrected chi connectivity index (χ2v) is 6.45. The number of hydrogen-bond acceptors (Lipinski definition) is 3. The summed E-state index contributed by atoms with van der Waals surface area (Å²) in [6.45, 7) is 4.66.